The molecule has 22 nitrogen and oxygen atoms in total. The molecule has 6 N–H and O–H groups in total. The first-order valence-corrected chi connectivity index (χ1v) is 27.9. The van der Waals surface area contributed by atoms with Crippen LogP contribution in [0.4, 0.5) is 11.5 Å². The zero-order valence-electron chi connectivity index (χ0n) is 43.7. The van der Waals surface area contributed by atoms with Crippen LogP contribution in [0.15, 0.2) is 137 Å². The molecule has 0 saturated carbocycles. The van der Waals surface area contributed by atoms with Crippen LogP contribution < -0.4 is 19.1 Å². The SMILES string of the molecule is CN(OCCCCCC(=O)On1c(O)ccc1O)C(=O)c1cc2c([n+](CCCS(=O)(=O)O)c1)N=C(C=CC=CC=C1N(C)c3ccc4c(S(=O)(=O)O)cccc4c3C1(C)Cc1ccc(C(=O)On3c(O)ccc3O)cc1)C2(C)C. The number of aromatic nitrogens is 3. The predicted molar refractivity (Wildman–Crippen MR) is 288 cm³/mol. The monoisotopic (exact) mass is 1120 g/mol. The number of unbranched alkanes of at least 4 members (excludes halogenated alkanes) is 2. The Morgan fingerprint density at radius 3 is 2.06 bits per heavy atom. The molecule has 2 aliphatic rings. The highest BCUT2D eigenvalue weighted by molar-refractivity contribution is 7.86. The Morgan fingerprint density at radius 1 is 0.759 bits per heavy atom. The van der Waals surface area contributed by atoms with E-state index in [1.807, 2.05) is 57.0 Å². The van der Waals surface area contributed by atoms with Crippen molar-refractivity contribution in [1.29, 1.82) is 0 Å². The lowest BCUT2D eigenvalue weighted by atomic mass is 9.74. The first-order chi connectivity index (χ1) is 37.3. The van der Waals surface area contributed by atoms with E-state index in [0.717, 1.165) is 27.6 Å². The summed E-state index contributed by atoms with van der Waals surface area (Å²) < 4.78 is 71.3. The van der Waals surface area contributed by atoms with Gasteiger partial charge < -0.3 is 35.0 Å². The number of hydrogen-bond acceptors (Lipinski definition) is 16. The van der Waals surface area contributed by atoms with Gasteiger partial charge in [-0.3, -0.25) is 18.7 Å². The van der Waals surface area contributed by atoms with Gasteiger partial charge in [-0.2, -0.15) is 16.8 Å². The average molecular weight is 1120 g/mol. The number of fused-ring (bicyclic) bond motifs is 4. The van der Waals surface area contributed by atoms with Crippen molar-refractivity contribution in [3.63, 3.8) is 0 Å². The topological polar surface area (TPSA) is 301 Å². The van der Waals surface area contributed by atoms with Gasteiger partial charge in [0.05, 0.1) is 41.0 Å². The number of aliphatic imine (C=N–C) groups is 1. The lowest BCUT2D eigenvalue weighted by molar-refractivity contribution is -0.684. The maximum absolute atomic E-state index is 13.9. The van der Waals surface area contributed by atoms with Crippen LogP contribution in [0, 0.1) is 0 Å². The van der Waals surface area contributed by atoms with Crippen molar-refractivity contribution in [3.05, 3.63) is 155 Å². The quantitative estimate of drug-likeness (QED) is 0.0146. The molecular formula is C55H59N6O16S2+. The van der Waals surface area contributed by atoms with Gasteiger partial charge in [0.25, 0.3) is 26.1 Å². The molecule has 0 spiro atoms. The number of benzene rings is 3. The summed E-state index contributed by atoms with van der Waals surface area (Å²) in [4.78, 5) is 61.7. The second-order valence-corrected chi connectivity index (χ2v) is 22.7. The number of allylic oxidation sites excluding steroid dienone is 6. The van der Waals surface area contributed by atoms with Crippen molar-refractivity contribution in [1.82, 2.24) is 14.5 Å². The van der Waals surface area contributed by atoms with Crippen LogP contribution in [-0.2, 0) is 53.7 Å². The van der Waals surface area contributed by atoms with Gasteiger partial charge in [0.15, 0.2) is 5.71 Å². The Bertz CT molecular complexity index is 3690. The van der Waals surface area contributed by atoms with E-state index in [4.69, 9.17) is 19.5 Å². The van der Waals surface area contributed by atoms with Crippen molar-refractivity contribution in [2.75, 3.05) is 31.4 Å². The Kier molecular flexibility index (Phi) is 16.3. The zero-order chi connectivity index (χ0) is 57.2. The van der Waals surface area contributed by atoms with Crippen molar-refractivity contribution < 1.29 is 79.8 Å². The molecule has 416 valence electrons. The van der Waals surface area contributed by atoms with Gasteiger partial charge in [-0.25, -0.2) is 19.2 Å². The molecule has 6 aromatic rings. The third-order valence-electron chi connectivity index (χ3n) is 13.8. The van der Waals surface area contributed by atoms with Crippen molar-refractivity contribution in [2.24, 2.45) is 4.99 Å². The van der Waals surface area contributed by atoms with Crippen LogP contribution in [0.3, 0.4) is 0 Å². The number of aryl methyl sites for hydroxylation is 1. The minimum Gasteiger partial charge on any atom is -0.492 e. The molecule has 1 unspecified atom stereocenters. The molecule has 0 bridgehead atoms. The van der Waals surface area contributed by atoms with E-state index in [1.54, 1.807) is 71.4 Å². The summed E-state index contributed by atoms with van der Waals surface area (Å²) in [6.07, 6.45) is 12.6. The molecule has 0 saturated heterocycles. The zero-order valence-corrected chi connectivity index (χ0v) is 45.3. The van der Waals surface area contributed by atoms with E-state index in [9.17, 15) is 60.8 Å². The normalized spacial score (nSPS) is 16.5. The molecule has 3 aromatic heterocycles. The third-order valence-corrected chi connectivity index (χ3v) is 15.6. The van der Waals surface area contributed by atoms with Crippen LogP contribution >= 0.6 is 0 Å². The highest BCUT2D eigenvalue weighted by Gasteiger charge is 2.45. The van der Waals surface area contributed by atoms with Crippen molar-refractivity contribution in [2.45, 2.75) is 81.6 Å². The molecule has 24 heteroatoms. The Labute approximate surface area is 455 Å². The number of likely N-dealkylation sites (N-methyl/N-ethyl adjacent to an activating group) is 1. The van der Waals surface area contributed by atoms with E-state index in [-0.39, 0.29) is 42.0 Å². The molecular weight excluding hydrogens is 1060 g/mol. The van der Waals surface area contributed by atoms with Gasteiger partial charge in [-0.15, -0.1) is 9.46 Å². The van der Waals surface area contributed by atoms with E-state index in [1.165, 1.54) is 37.4 Å². The Morgan fingerprint density at radius 2 is 1.42 bits per heavy atom. The maximum Gasteiger partial charge on any atom is 0.363 e. The molecule has 3 aromatic carbocycles. The van der Waals surface area contributed by atoms with Crippen LogP contribution in [0.25, 0.3) is 10.8 Å². The summed E-state index contributed by atoms with van der Waals surface area (Å²) >= 11 is 0. The first-order valence-electron chi connectivity index (χ1n) is 24.9. The molecule has 0 aliphatic carbocycles. The van der Waals surface area contributed by atoms with Gasteiger partial charge in [0.1, 0.15) is 11.1 Å². The lowest BCUT2D eigenvalue weighted by Crippen LogP contribution is -2.39. The summed E-state index contributed by atoms with van der Waals surface area (Å²) in [5.74, 6) is -3.84. The number of anilines is 1. The Hall–Kier alpha value is -8.29. The number of rotatable bonds is 21. The van der Waals surface area contributed by atoms with Gasteiger partial charge in [0.2, 0.25) is 23.5 Å². The third kappa shape index (κ3) is 12.2. The lowest BCUT2D eigenvalue weighted by Gasteiger charge is -2.29. The van der Waals surface area contributed by atoms with Gasteiger partial charge in [-0.1, -0.05) is 55.0 Å². The summed E-state index contributed by atoms with van der Waals surface area (Å²) in [6.45, 7) is 6.11. The molecule has 1 atom stereocenters. The predicted octanol–water partition coefficient (Wildman–Crippen LogP) is 6.58. The minimum absolute atomic E-state index is 0.000724. The molecule has 2 aliphatic heterocycles. The van der Waals surface area contributed by atoms with E-state index < -0.39 is 78.2 Å². The van der Waals surface area contributed by atoms with Crippen LogP contribution in [0.1, 0.15) is 90.3 Å². The van der Waals surface area contributed by atoms with Crippen LogP contribution in [-0.4, -0.2) is 111 Å². The minimum atomic E-state index is -4.60. The number of carbonyl (C=O) groups excluding carboxylic acids is 3. The number of hydroxylamine groups is 2. The number of pyridine rings is 1. The van der Waals surface area contributed by atoms with Crippen LogP contribution in [0.5, 0.6) is 23.5 Å². The second-order valence-electron chi connectivity index (χ2n) is 19.7. The maximum atomic E-state index is 13.9. The number of hydrogen-bond donors (Lipinski definition) is 6. The van der Waals surface area contributed by atoms with Gasteiger partial charge >= 0.3 is 17.8 Å². The standard InChI is InChI=1S/C55H58N6O16S2/c1-54(2)40-32-37(52(67)58(5)75-30-11-7-10-18-49(66)76-60-45(62)25-26-46(60)63)34-59(29-13-31-78(69,70)71)51(40)56-43(54)16-8-6-9-17-44-55(3,33-35-19-21-36(22-20-35)53(68)77-61-47(64)27-28-48(61)65)50-39-14-12-15-42(79(72,73)74)38(39)23-24-41(50)57(44)4/h6,8-9,12,14-17,19-28,32,34H,7,10-11,13,18,29-31,33H2,1-5H3,(H5-,62,63,64,65,69,70,71,72,73,74)/p+1. The highest BCUT2D eigenvalue weighted by Crippen LogP contribution is 2.52. The van der Waals surface area contributed by atoms with Gasteiger partial charge in [0, 0.05) is 73.4 Å². The van der Waals surface area contributed by atoms with Crippen LogP contribution in [0.2, 0.25) is 0 Å². The van der Waals surface area contributed by atoms with E-state index in [2.05, 4.69) is 0 Å². The summed E-state index contributed by atoms with van der Waals surface area (Å²) in [5.41, 5.74) is 3.22. The molecule has 5 heterocycles. The Balaban J connectivity index is 1.01. The van der Waals surface area contributed by atoms with Crippen molar-refractivity contribution in [3.8, 4) is 23.5 Å². The van der Waals surface area contributed by atoms with E-state index >= 15 is 0 Å². The summed E-state index contributed by atoms with van der Waals surface area (Å²) in [5, 5.41) is 41.4. The summed E-state index contributed by atoms with van der Waals surface area (Å²) in [6, 6.07) is 21.2. The first kappa shape index (κ1) is 56.9. The average Bonchev–Trinajstić information content (AvgIpc) is 3.99. The van der Waals surface area contributed by atoms with Gasteiger partial charge in [-0.05, 0) is 104 Å². The fourth-order valence-corrected chi connectivity index (χ4v) is 11.1. The number of amides is 1. The summed E-state index contributed by atoms with van der Waals surface area (Å²) in [7, 11) is -5.55. The highest BCUT2D eigenvalue weighted by atomic mass is 32.2. The smallest absolute Gasteiger partial charge is 0.363 e. The molecule has 0 fully saturated rings. The fraction of sp³-hybridized carbons (Fsp3) is 0.291. The van der Waals surface area contributed by atoms with Crippen molar-refractivity contribution >= 4 is 66.1 Å². The number of nitrogens with zero attached hydrogens (tertiary/aromatic N) is 6. The fourth-order valence-electron chi connectivity index (χ4n) is 9.86. The number of aromatic hydroxyl groups is 4. The molecule has 1 amide bonds. The van der Waals surface area contributed by atoms with E-state index in [0.29, 0.717) is 63.0 Å². The molecule has 8 rings (SSSR count). The second kappa shape index (κ2) is 22.6. The largest absolute Gasteiger partial charge is 0.492 e. The number of carbonyl (C=O) groups is 3. The molecule has 79 heavy (non-hydrogen) atoms. The molecule has 0 radical (unpaired) electrons.